The molecule has 0 spiro atoms. The molecule has 2 aromatic rings. The first-order valence-corrected chi connectivity index (χ1v) is 11.7. The molecule has 1 fully saturated rings. The van der Waals surface area contributed by atoms with E-state index < -0.39 is 13.2 Å². The zero-order valence-electron chi connectivity index (χ0n) is 17.6. The Morgan fingerprint density at radius 1 is 1.09 bits per heavy atom. The van der Waals surface area contributed by atoms with Crippen LogP contribution >= 0.6 is 46.4 Å². The molecule has 0 saturated carbocycles. The average molecular weight is 524 g/mol. The van der Waals surface area contributed by atoms with Crippen LogP contribution in [0.25, 0.3) is 0 Å². The van der Waals surface area contributed by atoms with E-state index in [2.05, 4.69) is 5.32 Å². The molecule has 2 aromatic carbocycles. The number of morpholine rings is 1. The van der Waals surface area contributed by atoms with Crippen molar-refractivity contribution in [3.05, 3.63) is 67.6 Å². The Bertz CT molecular complexity index is 857. The highest BCUT2D eigenvalue weighted by atomic mass is 35.5. The van der Waals surface area contributed by atoms with Crippen LogP contribution in [-0.4, -0.2) is 66.5 Å². The van der Waals surface area contributed by atoms with Crippen molar-refractivity contribution in [2.75, 3.05) is 39.4 Å². The van der Waals surface area contributed by atoms with Crippen LogP contribution in [0.5, 0.6) is 0 Å². The Hall–Kier alpha value is -0.575. The number of nitrogens with one attached hydrogen (secondary N) is 1. The summed E-state index contributed by atoms with van der Waals surface area (Å²) in [6, 6.07) is 10.5. The Kier molecular flexibility index (Phi) is 12.1. The molecule has 32 heavy (non-hydrogen) atoms. The van der Waals surface area contributed by atoms with Gasteiger partial charge in [0.1, 0.15) is 0 Å². The lowest BCUT2D eigenvalue weighted by molar-refractivity contribution is 0.0277. The van der Waals surface area contributed by atoms with E-state index in [0.29, 0.717) is 25.7 Å². The molecule has 0 radical (unpaired) electrons. The fourth-order valence-corrected chi connectivity index (χ4v) is 3.71. The van der Waals surface area contributed by atoms with Gasteiger partial charge in [-0.25, -0.2) is 0 Å². The van der Waals surface area contributed by atoms with E-state index in [1.54, 1.807) is 35.9 Å². The van der Waals surface area contributed by atoms with E-state index in [-0.39, 0.29) is 25.8 Å². The Morgan fingerprint density at radius 3 is 2.28 bits per heavy atom. The number of ether oxygens (including phenoxy) is 1. The molecule has 4 N–H and O–H groups in total. The van der Waals surface area contributed by atoms with Crippen LogP contribution < -0.4 is 5.32 Å². The molecule has 0 unspecified atom stereocenters. The Balaban J connectivity index is 0.000000233. The van der Waals surface area contributed by atoms with Crippen molar-refractivity contribution in [2.45, 2.75) is 19.0 Å². The van der Waals surface area contributed by atoms with E-state index in [1.165, 1.54) is 0 Å². The maximum Gasteiger partial charge on any atom is 0.376 e. The fraction of sp³-hybridized carbons (Fsp3) is 0.429. The molecule has 0 aromatic heterocycles. The van der Waals surface area contributed by atoms with Gasteiger partial charge in [0, 0.05) is 26.2 Å². The van der Waals surface area contributed by atoms with E-state index >= 15 is 0 Å². The van der Waals surface area contributed by atoms with Crippen LogP contribution in [0.4, 0.5) is 0 Å². The summed E-state index contributed by atoms with van der Waals surface area (Å²) in [6.07, 6.45) is -0.709. The molecule has 176 valence electrons. The largest absolute Gasteiger partial charge is 0.437 e. The minimum absolute atomic E-state index is 0.0843. The number of hydrogen-bond acceptors (Lipinski definition) is 6. The summed E-state index contributed by atoms with van der Waals surface area (Å²) >= 11 is 23.4. The van der Waals surface area contributed by atoms with E-state index in [0.717, 1.165) is 25.3 Å². The molecule has 1 heterocycles. The third-order valence-corrected chi connectivity index (χ3v) is 6.37. The van der Waals surface area contributed by atoms with Crippen molar-refractivity contribution in [3.63, 3.8) is 0 Å². The van der Waals surface area contributed by atoms with Crippen LogP contribution in [0.1, 0.15) is 23.3 Å². The Labute approximate surface area is 209 Å². The van der Waals surface area contributed by atoms with Gasteiger partial charge in [0.25, 0.3) is 0 Å². The van der Waals surface area contributed by atoms with Crippen molar-refractivity contribution in [1.29, 1.82) is 0 Å². The monoisotopic (exact) mass is 522 g/mol. The second-order valence-corrected chi connectivity index (χ2v) is 8.91. The molecule has 1 saturated heterocycles. The zero-order valence-corrected chi connectivity index (χ0v) is 20.7. The lowest BCUT2D eigenvalue weighted by atomic mass is 9.84. The van der Waals surface area contributed by atoms with Crippen LogP contribution in [0.2, 0.25) is 26.9 Å². The lowest BCUT2D eigenvalue weighted by Crippen LogP contribution is -2.41. The van der Waals surface area contributed by atoms with Crippen LogP contribution in [-0.2, 0) is 4.74 Å². The molecule has 11 heteroatoms. The summed E-state index contributed by atoms with van der Waals surface area (Å²) < 4.78 is 5.59. The first kappa shape index (κ1) is 27.7. The number of aliphatic hydroxyl groups is 2. The second kappa shape index (κ2) is 14.0. The van der Waals surface area contributed by atoms with Gasteiger partial charge >= 0.3 is 7.05 Å². The summed E-state index contributed by atoms with van der Waals surface area (Å²) in [5.41, 5.74) is 1.69. The molecule has 6 nitrogen and oxygen atoms in total. The minimum atomic E-state index is -0.805. The third-order valence-electron chi connectivity index (χ3n) is 4.89. The molecule has 2 atom stereocenters. The molecule has 0 amide bonds. The number of aliphatic hydroxyl groups excluding tert-OH is 2. The predicted molar refractivity (Wildman–Crippen MR) is 132 cm³/mol. The quantitative estimate of drug-likeness (QED) is 0.409. The molecule has 3 rings (SSSR count). The molecule has 1 aliphatic heterocycles. The van der Waals surface area contributed by atoms with Gasteiger partial charge in [0.2, 0.25) is 0 Å². The minimum Gasteiger partial charge on any atom is -0.437 e. The normalized spacial score (nSPS) is 17.0. The number of benzene rings is 2. The van der Waals surface area contributed by atoms with Crippen LogP contribution in [0, 0.1) is 0 Å². The van der Waals surface area contributed by atoms with Crippen molar-refractivity contribution in [1.82, 2.24) is 10.1 Å². The van der Waals surface area contributed by atoms with Gasteiger partial charge in [-0.3, -0.25) is 0 Å². The predicted octanol–water partition coefficient (Wildman–Crippen LogP) is 4.09. The molecule has 1 aliphatic rings. The summed E-state index contributed by atoms with van der Waals surface area (Å²) in [5, 5.41) is 33.6. The first-order valence-electron chi connectivity index (χ1n) is 10.2. The zero-order chi connectivity index (χ0) is 23.7. The van der Waals surface area contributed by atoms with Gasteiger partial charge in [-0.1, -0.05) is 58.5 Å². The smallest absolute Gasteiger partial charge is 0.376 e. The standard InChI is InChI=1S/C11H16BCl2NO3.C10H11Cl2NO/c1-12(18)15(4-5-16)7-11(17)8-2-3-9(13)10(14)6-8;11-8-2-1-7(5-9(8)12)10-6-13-3-4-14-10/h2-3,6,11,16-18H,4-5,7H2,1H3;1-2,5,10,13H,3-4,6H2/t11-;10-/m00/s1. The number of halogens is 4. The lowest BCUT2D eigenvalue weighted by Gasteiger charge is -2.25. The van der Waals surface area contributed by atoms with E-state index in [4.69, 9.17) is 56.2 Å². The highest BCUT2D eigenvalue weighted by Crippen LogP contribution is 2.28. The molecule has 0 bridgehead atoms. The van der Waals surface area contributed by atoms with Crippen LogP contribution in [0.15, 0.2) is 36.4 Å². The van der Waals surface area contributed by atoms with Gasteiger partial charge in [0.15, 0.2) is 0 Å². The maximum absolute atomic E-state index is 10.0. The fourth-order valence-electron chi connectivity index (χ4n) is 3.10. The van der Waals surface area contributed by atoms with Crippen molar-refractivity contribution < 1.29 is 20.0 Å². The number of rotatable bonds is 7. The van der Waals surface area contributed by atoms with Crippen LogP contribution in [0.3, 0.4) is 0 Å². The van der Waals surface area contributed by atoms with Gasteiger partial charge < -0.3 is 30.1 Å². The SMILES string of the molecule is CB(O)N(CCO)C[C@H](O)c1ccc(Cl)c(Cl)c1.Clc1ccc([C@@H]2CNCCO2)cc1Cl. The topological polar surface area (TPSA) is 85.2 Å². The summed E-state index contributed by atoms with van der Waals surface area (Å²) in [5.74, 6) is 0. The van der Waals surface area contributed by atoms with Crippen molar-refractivity contribution >= 4 is 53.5 Å². The van der Waals surface area contributed by atoms with Gasteiger partial charge in [-0.15, -0.1) is 0 Å². The summed E-state index contributed by atoms with van der Waals surface area (Å²) in [7, 11) is -0.741. The molecular weight excluding hydrogens is 497 g/mol. The molecular formula is C21H27BCl4N2O4. The Morgan fingerprint density at radius 2 is 1.75 bits per heavy atom. The first-order chi connectivity index (χ1) is 15.2. The highest BCUT2D eigenvalue weighted by Gasteiger charge is 2.20. The maximum atomic E-state index is 10.0. The van der Waals surface area contributed by atoms with Gasteiger partial charge in [-0.2, -0.15) is 0 Å². The van der Waals surface area contributed by atoms with Crippen molar-refractivity contribution in [2.24, 2.45) is 0 Å². The van der Waals surface area contributed by atoms with Crippen molar-refractivity contribution in [3.8, 4) is 0 Å². The highest BCUT2D eigenvalue weighted by molar-refractivity contribution is 6.45. The average Bonchev–Trinajstić information content (AvgIpc) is 2.78. The van der Waals surface area contributed by atoms with Gasteiger partial charge in [0.05, 0.1) is 45.5 Å². The summed E-state index contributed by atoms with van der Waals surface area (Å²) in [6.45, 7) is 4.48. The summed E-state index contributed by atoms with van der Waals surface area (Å²) in [4.78, 5) is 1.56. The number of hydrogen-bond donors (Lipinski definition) is 4. The van der Waals surface area contributed by atoms with E-state index in [1.807, 2.05) is 12.1 Å². The second-order valence-electron chi connectivity index (χ2n) is 7.28. The van der Waals surface area contributed by atoms with Gasteiger partial charge in [-0.05, 0) is 42.2 Å². The molecule has 0 aliphatic carbocycles. The van der Waals surface area contributed by atoms with E-state index in [9.17, 15) is 10.1 Å². The third kappa shape index (κ3) is 8.65. The number of nitrogens with zero attached hydrogens (tertiary/aromatic N) is 1.